The van der Waals surface area contributed by atoms with E-state index in [1.165, 1.54) is 0 Å². The minimum absolute atomic E-state index is 0.0127. The summed E-state index contributed by atoms with van der Waals surface area (Å²) in [6.45, 7) is 7.79. The van der Waals surface area contributed by atoms with Gasteiger partial charge in [0.05, 0.1) is 6.10 Å². The summed E-state index contributed by atoms with van der Waals surface area (Å²) in [7, 11) is 0. The first-order valence-corrected chi connectivity index (χ1v) is 5.32. The Balaban J connectivity index is 2.22. The molecule has 1 heterocycles. The zero-order valence-electron chi connectivity index (χ0n) is 9.27. The molecular formula is C13H17O2. The van der Waals surface area contributed by atoms with Crippen molar-refractivity contribution >= 4 is 0 Å². The topological polar surface area (TPSA) is 18.5 Å². The van der Waals surface area contributed by atoms with Crippen molar-refractivity contribution in [2.45, 2.75) is 38.3 Å². The molecule has 1 saturated heterocycles. The molecule has 0 bridgehead atoms. The highest BCUT2D eigenvalue weighted by atomic mass is 16.7. The first-order valence-electron chi connectivity index (χ1n) is 5.32. The Labute approximate surface area is 91.2 Å². The Morgan fingerprint density at radius 1 is 1.20 bits per heavy atom. The van der Waals surface area contributed by atoms with Gasteiger partial charge in [-0.15, -0.1) is 0 Å². The molecule has 0 N–H and O–H groups in total. The Morgan fingerprint density at radius 2 is 1.87 bits per heavy atom. The Morgan fingerprint density at radius 3 is 2.47 bits per heavy atom. The van der Waals surface area contributed by atoms with Crippen LogP contribution in [0.25, 0.3) is 0 Å². The van der Waals surface area contributed by atoms with E-state index in [2.05, 4.69) is 19.1 Å². The van der Waals surface area contributed by atoms with Crippen LogP contribution in [0, 0.1) is 6.92 Å². The summed E-state index contributed by atoms with van der Waals surface area (Å²) in [4.78, 5) is 0. The van der Waals surface area contributed by atoms with Crippen LogP contribution in [0.1, 0.15) is 31.9 Å². The molecule has 15 heavy (non-hydrogen) atoms. The molecule has 0 aromatic heterocycles. The van der Waals surface area contributed by atoms with E-state index in [1.807, 2.05) is 32.0 Å². The van der Waals surface area contributed by atoms with E-state index in [9.17, 15) is 0 Å². The van der Waals surface area contributed by atoms with Crippen molar-refractivity contribution < 1.29 is 9.47 Å². The smallest absolute Gasteiger partial charge is 0.164 e. The molecule has 1 fully saturated rings. The van der Waals surface area contributed by atoms with Gasteiger partial charge in [-0.2, -0.15) is 0 Å². The molecule has 1 radical (unpaired) electrons. The van der Waals surface area contributed by atoms with Crippen LogP contribution < -0.4 is 0 Å². The van der Waals surface area contributed by atoms with Crippen molar-refractivity contribution in [2.75, 3.05) is 0 Å². The molecule has 2 atom stereocenters. The van der Waals surface area contributed by atoms with E-state index in [4.69, 9.17) is 9.47 Å². The van der Waals surface area contributed by atoms with Gasteiger partial charge in [0.2, 0.25) is 0 Å². The van der Waals surface area contributed by atoms with E-state index < -0.39 is 5.79 Å². The fraction of sp³-hybridized carbons (Fsp3) is 0.462. The molecular weight excluding hydrogens is 188 g/mol. The van der Waals surface area contributed by atoms with Crippen molar-refractivity contribution in [3.8, 4) is 0 Å². The lowest BCUT2D eigenvalue weighted by Gasteiger charge is -2.16. The normalized spacial score (nSPS) is 29.3. The number of rotatable bonds is 2. The van der Waals surface area contributed by atoms with Crippen molar-refractivity contribution in [2.24, 2.45) is 0 Å². The second-order valence-corrected chi connectivity index (χ2v) is 4.29. The van der Waals surface area contributed by atoms with Crippen LogP contribution in [0.3, 0.4) is 0 Å². The maximum absolute atomic E-state index is 5.88. The Bertz CT molecular complexity index is 319. The van der Waals surface area contributed by atoms with Gasteiger partial charge in [-0.05, 0) is 25.8 Å². The van der Waals surface area contributed by atoms with Crippen LogP contribution in [0.15, 0.2) is 30.3 Å². The van der Waals surface area contributed by atoms with Crippen LogP contribution in [0.5, 0.6) is 0 Å². The molecule has 2 unspecified atom stereocenters. The summed E-state index contributed by atoms with van der Waals surface area (Å²) in [5.74, 6) is -0.497. The standard InChI is InChI=1S/C13H17O2/c1-4-11-12(15-13(2,3)14-11)10-8-6-5-7-9-10/h5-9,11-12H,1,4H2,2-3H3. The molecule has 1 aromatic carbocycles. The predicted molar refractivity (Wildman–Crippen MR) is 59.2 cm³/mol. The SMILES string of the molecule is [CH2]CC1OC(C)(C)OC1c1ccccc1. The highest BCUT2D eigenvalue weighted by Gasteiger charge is 2.40. The molecule has 1 aromatic rings. The number of ether oxygens (including phenoxy) is 2. The van der Waals surface area contributed by atoms with Crippen LogP contribution in [-0.4, -0.2) is 11.9 Å². The fourth-order valence-electron chi connectivity index (χ4n) is 1.97. The number of benzene rings is 1. The van der Waals surface area contributed by atoms with Gasteiger partial charge >= 0.3 is 0 Å². The molecule has 0 amide bonds. The van der Waals surface area contributed by atoms with Crippen LogP contribution in [0.2, 0.25) is 0 Å². The Hall–Kier alpha value is -0.860. The summed E-state index contributed by atoms with van der Waals surface area (Å²) >= 11 is 0. The molecule has 2 nitrogen and oxygen atoms in total. The van der Waals surface area contributed by atoms with Crippen LogP contribution in [-0.2, 0) is 9.47 Å². The van der Waals surface area contributed by atoms with Gasteiger partial charge in [0.25, 0.3) is 0 Å². The second-order valence-electron chi connectivity index (χ2n) is 4.29. The lowest BCUT2D eigenvalue weighted by atomic mass is 10.0. The summed E-state index contributed by atoms with van der Waals surface area (Å²) in [6.07, 6.45) is 0.796. The van der Waals surface area contributed by atoms with Gasteiger partial charge < -0.3 is 9.47 Å². The van der Waals surface area contributed by atoms with Gasteiger partial charge in [0.1, 0.15) is 6.10 Å². The van der Waals surface area contributed by atoms with Gasteiger partial charge in [0, 0.05) is 0 Å². The number of hydrogen-bond acceptors (Lipinski definition) is 2. The highest BCUT2D eigenvalue weighted by molar-refractivity contribution is 5.19. The largest absolute Gasteiger partial charge is 0.344 e. The maximum Gasteiger partial charge on any atom is 0.164 e. The molecule has 0 aliphatic carbocycles. The quantitative estimate of drug-likeness (QED) is 0.738. The van der Waals surface area contributed by atoms with E-state index in [0.29, 0.717) is 0 Å². The lowest BCUT2D eigenvalue weighted by Crippen LogP contribution is -2.21. The van der Waals surface area contributed by atoms with Crippen LogP contribution in [0.4, 0.5) is 0 Å². The minimum atomic E-state index is -0.497. The summed E-state index contributed by atoms with van der Waals surface area (Å²) in [6, 6.07) is 10.2. The number of hydrogen-bond donors (Lipinski definition) is 0. The zero-order chi connectivity index (χ0) is 10.9. The summed E-state index contributed by atoms with van der Waals surface area (Å²) < 4.78 is 11.7. The third-order valence-corrected chi connectivity index (χ3v) is 2.60. The summed E-state index contributed by atoms with van der Waals surface area (Å²) in [5, 5.41) is 0. The molecule has 81 valence electrons. The first kappa shape index (κ1) is 10.7. The second kappa shape index (κ2) is 3.95. The van der Waals surface area contributed by atoms with Gasteiger partial charge in [-0.25, -0.2) is 0 Å². The van der Waals surface area contributed by atoms with Gasteiger partial charge in [-0.3, -0.25) is 0 Å². The average molecular weight is 205 g/mol. The summed E-state index contributed by atoms with van der Waals surface area (Å²) in [5.41, 5.74) is 1.16. The monoisotopic (exact) mass is 205 g/mol. The molecule has 0 saturated carbocycles. The van der Waals surface area contributed by atoms with E-state index in [0.717, 1.165) is 12.0 Å². The van der Waals surface area contributed by atoms with Gasteiger partial charge in [0.15, 0.2) is 5.79 Å². The third kappa shape index (κ3) is 2.21. The molecule has 1 aliphatic heterocycles. The van der Waals surface area contributed by atoms with Crippen molar-refractivity contribution in [1.29, 1.82) is 0 Å². The fourth-order valence-corrected chi connectivity index (χ4v) is 1.97. The van der Waals surface area contributed by atoms with Crippen molar-refractivity contribution in [3.63, 3.8) is 0 Å². The first-order chi connectivity index (χ1) is 7.12. The predicted octanol–water partition coefficient (Wildman–Crippen LogP) is 3.10. The molecule has 2 heteroatoms. The van der Waals surface area contributed by atoms with E-state index in [-0.39, 0.29) is 12.2 Å². The lowest BCUT2D eigenvalue weighted by molar-refractivity contribution is -0.146. The molecule has 1 aliphatic rings. The van der Waals surface area contributed by atoms with Crippen LogP contribution >= 0.6 is 0 Å². The van der Waals surface area contributed by atoms with Crippen molar-refractivity contribution in [1.82, 2.24) is 0 Å². The molecule has 0 spiro atoms. The zero-order valence-corrected chi connectivity index (χ0v) is 9.27. The van der Waals surface area contributed by atoms with E-state index in [1.54, 1.807) is 0 Å². The Kier molecular flexibility index (Phi) is 2.81. The average Bonchev–Trinajstić information content (AvgIpc) is 2.55. The third-order valence-electron chi connectivity index (χ3n) is 2.60. The maximum atomic E-state index is 5.88. The molecule has 2 rings (SSSR count). The minimum Gasteiger partial charge on any atom is -0.344 e. The van der Waals surface area contributed by atoms with E-state index >= 15 is 0 Å². The van der Waals surface area contributed by atoms with Crippen molar-refractivity contribution in [3.05, 3.63) is 42.8 Å². The van der Waals surface area contributed by atoms with Gasteiger partial charge in [-0.1, -0.05) is 37.3 Å². The highest BCUT2D eigenvalue weighted by Crippen LogP contribution is 2.39.